The molecular formula is C20H28N2O2. The minimum atomic E-state index is 0.000560. The Balaban J connectivity index is 1.28. The van der Waals surface area contributed by atoms with Gasteiger partial charge in [0.15, 0.2) is 0 Å². The van der Waals surface area contributed by atoms with Crippen molar-refractivity contribution in [1.82, 2.24) is 10.2 Å². The summed E-state index contributed by atoms with van der Waals surface area (Å²) >= 11 is 0. The lowest BCUT2D eigenvalue weighted by atomic mass is 9.90. The Bertz CT molecular complexity index is 572. The zero-order valence-electron chi connectivity index (χ0n) is 14.4. The summed E-state index contributed by atoms with van der Waals surface area (Å²) in [6.45, 7) is 4.16. The third-order valence-corrected chi connectivity index (χ3v) is 5.71. The number of amides is 1. The van der Waals surface area contributed by atoms with Gasteiger partial charge in [0.25, 0.3) is 5.91 Å². The van der Waals surface area contributed by atoms with Crippen LogP contribution in [0.3, 0.4) is 0 Å². The monoisotopic (exact) mass is 328 g/mol. The second-order valence-corrected chi connectivity index (χ2v) is 7.82. The molecule has 2 saturated heterocycles. The maximum absolute atomic E-state index is 12.2. The lowest BCUT2D eigenvalue weighted by Crippen LogP contribution is -2.47. The molecule has 1 aliphatic carbocycles. The van der Waals surface area contributed by atoms with Gasteiger partial charge in [-0.15, -0.1) is 0 Å². The molecule has 3 fully saturated rings. The van der Waals surface area contributed by atoms with Gasteiger partial charge in [0.2, 0.25) is 0 Å². The molecule has 0 aromatic heterocycles. The highest BCUT2D eigenvalue weighted by Crippen LogP contribution is 2.38. The third kappa shape index (κ3) is 3.81. The maximum Gasteiger partial charge on any atom is 0.251 e. The van der Waals surface area contributed by atoms with Gasteiger partial charge in [-0.1, -0.05) is 18.2 Å². The Morgan fingerprint density at radius 1 is 1.21 bits per heavy atom. The Morgan fingerprint density at radius 2 is 2.04 bits per heavy atom. The normalized spacial score (nSPS) is 30.6. The summed E-state index contributed by atoms with van der Waals surface area (Å²) in [6, 6.07) is 9.43. The highest BCUT2D eigenvalue weighted by Gasteiger charge is 2.43. The minimum absolute atomic E-state index is 0.000560. The number of nitrogens with zero attached hydrogens (tertiary/aromatic N) is 1. The topological polar surface area (TPSA) is 41.6 Å². The number of hydrogen-bond donors (Lipinski definition) is 1. The fourth-order valence-corrected chi connectivity index (χ4v) is 4.21. The molecular weight excluding hydrogens is 300 g/mol. The zero-order valence-corrected chi connectivity index (χ0v) is 14.4. The molecule has 0 radical (unpaired) electrons. The molecule has 2 aliphatic heterocycles. The number of likely N-dealkylation sites (tertiary alicyclic amines) is 1. The number of hydrogen-bond acceptors (Lipinski definition) is 3. The van der Waals surface area contributed by atoms with Gasteiger partial charge >= 0.3 is 0 Å². The van der Waals surface area contributed by atoms with Gasteiger partial charge in [-0.3, -0.25) is 4.79 Å². The van der Waals surface area contributed by atoms with Crippen molar-refractivity contribution in [3.8, 4) is 0 Å². The van der Waals surface area contributed by atoms with Crippen LogP contribution in [0.5, 0.6) is 0 Å². The third-order valence-electron chi connectivity index (χ3n) is 5.71. The molecule has 0 unspecified atom stereocenters. The zero-order chi connectivity index (χ0) is 16.4. The van der Waals surface area contributed by atoms with Crippen LogP contribution in [0.4, 0.5) is 0 Å². The van der Waals surface area contributed by atoms with Gasteiger partial charge in [-0.2, -0.15) is 0 Å². The highest BCUT2D eigenvalue weighted by atomic mass is 16.5. The number of nitrogens with one attached hydrogen (secondary N) is 1. The van der Waals surface area contributed by atoms with E-state index < -0.39 is 0 Å². The van der Waals surface area contributed by atoms with E-state index in [0.29, 0.717) is 6.54 Å². The van der Waals surface area contributed by atoms with Gasteiger partial charge in [0.05, 0.1) is 11.7 Å². The summed E-state index contributed by atoms with van der Waals surface area (Å²) in [6.07, 6.45) is 7.59. The highest BCUT2D eigenvalue weighted by molar-refractivity contribution is 5.94. The van der Waals surface area contributed by atoms with E-state index >= 15 is 0 Å². The van der Waals surface area contributed by atoms with Crippen LogP contribution < -0.4 is 5.32 Å². The molecule has 1 aromatic carbocycles. The van der Waals surface area contributed by atoms with Crippen LogP contribution in [0.25, 0.3) is 0 Å². The van der Waals surface area contributed by atoms with Crippen molar-refractivity contribution in [2.45, 2.75) is 50.2 Å². The van der Waals surface area contributed by atoms with Crippen LogP contribution in [0.2, 0.25) is 0 Å². The molecule has 4 nitrogen and oxygen atoms in total. The average molecular weight is 328 g/mol. The van der Waals surface area contributed by atoms with Gasteiger partial charge in [0, 0.05) is 31.7 Å². The Labute approximate surface area is 144 Å². The number of rotatable bonds is 5. The average Bonchev–Trinajstić information content (AvgIpc) is 3.35. The van der Waals surface area contributed by atoms with E-state index in [4.69, 9.17) is 4.74 Å². The predicted molar refractivity (Wildman–Crippen MR) is 94.0 cm³/mol. The second kappa shape index (κ2) is 6.85. The Hall–Kier alpha value is -1.39. The number of ether oxygens (including phenoxy) is 1. The van der Waals surface area contributed by atoms with Gasteiger partial charge in [-0.05, 0) is 56.6 Å². The van der Waals surface area contributed by atoms with Crippen LogP contribution in [0, 0.1) is 5.92 Å². The van der Waals surface area contributed by atoms with Gasteiger partial charge in [0.1, 0.15) is 0 Å². The molecule has 1 amide bonds. The van der Waals surface area contributed by atoms with Crippen LogP contribution >= 0.6 is 0 Å². The van der Waals surface area contributed by atoms with Crippen molar-refractivity contribution in [3.05, 3.63) is 35.9 Å². The summed E-state index contributed by atoms with van der Waals surface area (Å²) in [5.74, 6) is 0.949. The van der Waals surface area contributed by atoms with Crippen molar-refractivity contribution in [3.63, 3.8) is 0 Å². The molecule has 1 N–H and O–H groups in total. The summed E-state index contributed by atoms with van der Waals surface area (Å²) in [5, 5.41) is 3.05. The molecule has 2 heterocycles. The van der Waals surface area contributed by atoms with E-state index in [1.807, 2.05) is 30.3 Å². The SMILES string of the molecule is O=C(NC[C@@H]1CCC[C@@]2(CCN(CC3CC3)C2)O1)c1ccccc1. The quantitative estimate of drug-likeness (QED) is 0.904. The Morgan fingerprint density at radius 3 is 2.83 bits per heavy atom. The van der Waals surface area contributed by atoms with Crippen molar-refractivity contribution >= 4 is 5.91 Å². The summed E-state index contributed by atoms with van der Waals surface area (Å²) in [7, 11) is 0. The summed E-state index contributed by atoms with van der Waals surface area (Å²) in [4.78, 5) is 14.8. The first-order chi connectivity index (χ1) is 11.7. The van der Waals surface area contributed by atoms with E-state index in [-0.39, 0.29) is 17.6 Å². The first-order valence-electron chi connectivity index (χ1n) is 9.46. The summed E-state index contributed by atoms with van der Waals surface area (Å²) in [5.41, 5.74) is 0.773. The van der Waals surface area contributed by atoms with Gasteiger partial charge < -0.3 is 15.0 Å². The first kappa shape index (κ1) is 16.1. The van der Waals surface area contributed by atoms with Crippen LogP contribution in [-0.2, 0) is 4.74 Å². The lowest BCUT2D eigenvalue weighted by molar-refractivity contribution is -0.118. The smallest absolute Gasteiger partial charge is 0.251 e. The molecule has 1 spiro atoms. The molecule has 1 aromatic rings. The number of carbonyl (C=O) groups is 1. The van der Waals surface area contributed by atoms with Crippen molar-refractivity contribution in [1.29, 1.82) is 0 Å². The predicted octanol–water partition coefficient (Wildman–Crippen LogP) is 2.84. The lowest BCUT2D eigenvalue weighted by Gasteiger charge is -2.39. The van der Waals surface area contributed by atoms with Crippen molar-refractivity contribution in [2.75, 3.05) is 26.2 Å². The largest absolute Gasteiger partial charge is 0.369 e. The molecule has 0 bridgehead atoms. The van der Waals surface area contributed by atoms with E-state index in [0.717, 1.165) is 30.9 Å². The number of carbonyl (C=O) groups excluding carboxylic acids is 1. The van der Waals surface area contributed by atoms with E-state index in [2.05, 4.69) is 10.2 Å². The minimum Gasteiger partial charge on any atom is -0.369 e. The molecule has 1 saturated carbocycles. The van der Waals surface area contributed by atoms with E-state index in [1.54, 1.807) is 0 Å². The maximum atomic E-state index is 12.2. The van der Waals surface area contributed by atoms with Crippen molar-refractivity contribution in [2.24, 2.45) is 5.92 Å². The van der Waals surface area contributed by atoms with E-state index in [9.17, 15) is 4.79 Å². The molecule has 24 heavy (non-hydrogen) atoms. The summed E-state index contributed by atoms with van der Waals surface area (Å²) < 4.78 is 6.50. The number of benzene rings is 1. The van der Waals surface area contributed by atoms with Gasteiger partial charge in [-0.25, -0.2) is 0 Å². The fraction of sp³-hybridized carbons (Fsp3) is 0.650. The molecule has 4 heteroatoms. The standard InChI is InChI=1S/C20H28N2O2/c23-19(17-5-2-1-3-6-17)21-13-18-7-4-10-20(24-18)11-12-22(15-20)14-16-8-9-16/h1-3,5-6,16,18H,4,7-15H2,(H,21,23)/t18-,20-/m0/s1. The second-order valence-electron chi connectivity index (χ2n) is 7.82. The van der Waals surface area contributed by atoms with Crippen LogP contribution in [0.1, 0.15) is 48.9 Å². The van der Waals surface area contributed by atoms with E-state index in [1.165, 1.54) is 38.8 Å². The fourth-order valence-electron chi connectivity index (χ4n) is 4.21. The molecule has 2 atom stereocenters. The molecule has 130 valence electrons. The molecule has 4 rings (SSSR count). The first-order valence-corrected chi connectivity index (χ1v) is 9.46. The molecule has 3 aliphatic rings. The van der Waals surface area contributed by atoms with Crippen LogP contribution in [0.15, 0.2) is 30.3 Å². The van der Waals surface area contributed by atoms with Crippen LogP contribution in [-0.4, -0.2) is 48.7 Å². The van der Waals surface area contributed by atoms with Crippen molar-refractivity contribution < 1.29 is 9.53 Å². The Kier molecular flexibility index (Phi) is 4.59.